The van der Waals surface area contributed by atoms with Crippen LogP contribution < -0.4 is 0 Å². The van der Waals surface area contributed by atoms with Gasteiger partial charge in [-0.3, -0.25) is 9.59 Å². The van der Waals surface area contributed by atoms with Gasteiger partial charge < -0.3 is 9.47 Å². The lowest BCUT2D eigenvalue weighted by Crippen LogP contribution is -2.59. The monoisotopic (exact) mass is 360 g/mol. The summed E-state index contributed by atoms with van der Waals surface area (Å²) in [6, 6.07) is 0. The van der Waals surface area contributed by atoms with Crippen LogP contribution in [0, 0.1) is 0 Å². The van der Waals surface area contributed by atoms with Crippen molar-refractivity contribution < 1.29 is 54.2 Å². The van der Waals surface area contributed by atoms with Gasteiger partial charge in [-0.1, -0.05) is 6.92 Å². The van der Waals surface area contributed by atoms with Crippen molar-refractivity contribution in [3.05, 3.63) is 0 Å². The predicted molar refractivity (Wildman–Crippen MR) is 57.7 cm³/mol. The maximum atomic E-state index is 13.0. The summed E-state index contributed by atoms with van der Waals surface area (Å²) >= 11 is 0. The number of esters is 2. The lowest BCUT2D eigenvalue weighted by molar-refractivity contribution is -0.344. The second kappa shape index (κ2) is 7.77. The van der Waals surface area contributed by atoms with Crippen LogP contribution in [0.4, 0.5) is 35.1 Å². The van der Waals surface area contributed by atoms with Gasteiger partial charge in [-0.25, -0.2) is 8.78 Å². The lowest BCUT2D eigenvalue weighted by Gasteiger charge is -2.31. The highest BCUT2D eigenvalue weighted by atomic mass is 19.4. The fourth-order valence-corrected chi connectivity index (χ4v) is 1.08. The standard InChI is InChI=1S/C11H12F8O4/c1-2-3-22-6(20)4-7(21)23-5-9(14,15)11(18,19)10(16,17)8(12)13/h8H,2-5H2,1H3. The largest absolute Gasteiger partial charge is 0.465 e. The van der Waals surface area contributed by atoms with Crippen molar-refractivity contribution in [2.75, 3.05) is 13.2 Å². The van der Waals surface area contributed by atoms with Crippen LogP contribution >= 0.6 is 0 Å². The molecule has 0 bridgehead atoms. The van der Waals surface area contributed by atoms with Crippen molar-refractivity contribution in [3.63, 3.8) is 0 Å². The molecule has 0 radical (unpaired) electrons. The Labute approximate surface area is 124 Å². The van der Waals surface area contributed by atoms with E-state index in [4.69, 9.17) is 0 Å². The van der Waals surface area contributed by atoms with Gasteiger partial charge in [0.25, 0.3) is 0 Å². The van der Waals surface area contributed by atoms with Crippen LogP contribution in [-0.4, -0.2) is 49.3 Å². The molecule has 0 aliphatic rings. The average molecular weight is 360 g/mol. The molecule has 0 atom stereocenters. The Bertz CT molecular complexity index is 424. The maximum absolute atomic E-state index is 13.0. The summed E-state index contributed by atoms with van der Waals surface area (Å²) in [7, 11) is 0. The predicted octanol–water partition coefficient (Wildman–Crippen LogP) is 3.04. The zero-order chi connectivity index (χ0) is 18.5. The van der Waals surface area contributed by atoms with Gasteiger partial charge in [0, 0.05) is 0 Å². The molecule has 0 aliphatic carbocycles. The van der Waals surface area contributed by atoms with E-state index in [9.17, 15) is 44.7 Å². The highest BCUT2D eigenvalue weighted by molar-refractivity contribution is 5.91. The van der Waals surface area contributed by atoms with E-state index in [0.717, 1.165) is 0 Å². The Morgan fingerprint density at radius 1 is 0.957 bits per heavy atom. The zero-order valence-electron chi connectivity index (χ0n) is 11.6. The molecule has 0 N–H and O–H groups in total. The molecule has 0 spiro atoms. The topological polar surface area (TPSA) is 52.6 Å². The Morgan fingerprint density at radius 2 is 1.43 bits per heavy atom. The Balaban J connectivity index is 4.75. The van der Waals surface area contributed by atoms with Gasteiger partial charge in [-0.2, -0.15) is 26.3 Å². The van der Waals surface area contributed by atoms with Gasteiger partial charge in [0.2, 0.25) is 0 Å². The molecule has 0 aromatic carbocycles. The molecule has 0 rings (SSSR count). The first-order chi connectivity index (χ1) is 10.3. The Morgan fingerprint density at radius 3 is 1.87 bits per heavy atom. The van der Waals surface area contributed by atoms with Gasteiger partial charge in [-0.15, -0.1) is 0 Å². The zero-order valence-corrected chi connectivity index (χ0v) is 11.6. The summed E-state index contributed by atoms with van der Waals surface area (Å²) in [4.78, 5) is 21.8. The normalized spacial score (nSPS) is 13.1. The fraction of sp³-hybridized carbons (Fsp3) is 0.818. The highest BCUT2D eigenvalue weighted by Crippen LogP contribution is 2.48. The van der Waals surface area contributed by atoms with Crippen molar-refractivity contribution in [2.45, 2.75) is 44.0 Å². The molecular weight excluding hydrogens is 348 g/mol. The van der Waals surface area contributed by atoms with Crippen molar-refractivity contribution >= 4 is 11.9 Å². The van der Waals surface area contributed by atoms with Gasteiger partial charge in [0.1, 0.15) is 6.42 Å². The summed E-state index contributed by atoms with van der Waals surface area (Å²) in [5.41, 5.74) is 0. The lowest BCUT2D eigenvalue weighted by atomic mass is 10.1. The van der Waals surface area contributed by atoms with E-state index in [1.807, 2.05) is 0 Å². The van der Waals surface area contributed by atoms with E-state index in [2.05, 4.69) is 9.47 Å². The number of carbonyl (C=O) groups is 2. The number of ether oxygens (including phenoxy) is 2. The highest BCUT2D eigenvalue weighted by Gasteiger charge is 2.75. The van der Waals surface area contributed by atoms with Crippen LogP contribution in [0.2, 0.25) is 0 Å². The molecule has 0 aliphatic heterocycles. The number of halogens is 8. The van der Waals surface area contributed by atoms with E-state index in [-0.39, 0.29) is 6.61 Å². The summed E-state index contributed by atoms with van der Waals surface area (Å²) in [6.07, 6.45) is -5.93. The van der Waals surface area contributed by atoms with Crippen LogP contribution in [0.3, 0.4) is 0 Å². The third kappa shape index (κ3) is 5.20. The minimum atomic E-state index is -6.48. The summed E-state index contributed by atoms with van der Waals surface area (Å²) in [6.45, 7) is -1.12. The van der Waals surface area contributed by atoms with Crippen LogP contribution in [0.1, 0.15) is 19.8 Å². The van der Waals surface area contributed by atoms with Gasteiger partial charge in [-0.05, 0) is 6.42 Å². The van der Waals surface area contributed by atoms with Crippen LogP contribution in [0.15, 0.2) is 0 Å². The van der Waals surface area contributed by atoms with E-state index < -0.39 is 49.2 Å². The number of rotatable bonds is 9. The first-order valence-corrected chi connectivity index (χ1v) is 6.02. The number of carbonyl (C=O) groups excluding carboxylic acids is 2. The SMILES string of the molecule is CCCOC(=O)CC(=O)OCC(F)(F)C(F)(F)C(F)(F)C(F)F. The molecule has 4 nitrogen and oxygen atoms in total. The average Bonchev–Trinajstić information content (AvgIpc) is 2.42. The van der Waals surface area contributed by atoms with E-state index in [0.29, 0.717) is 6.42 Å². The van der Waals surface area contributed by atoms with E-state index in [1.165, 1.54) is 0 Å². The molecule has 0 heterocycles. The number of hydrogen-bond acceptors (Lipinski definition) is 4. The molecule has 0 saturated carbocycles. The summed E-state index contributed by atoms with van der Waals surface area (Å²) < 4.78 is 108. The van der Waals surface area contributed by atoms with E-state index in [1.54, 1.807) is 6.92 Å². The van der Waals surface area contributed by atoms with E-state index >= 15 is 0 Å². The van der Waals surface area contributed by atoms with Crippen molar-refractivity contribution in [2.24, 2.45) is 0 Å². The molecule has 0 amide bonds. The molecule has 0 fully saturated rings. The van der Waals surface area contributed by atoms with Gasteiger partial charge in [0.15, 0.2) is 6.61 Å². The third-order valence-corrected chi connectivity index (χ3v) is 2.32. The first kappa shape index (κ1) is 21.4. The van der Waals surface area contributed by atoms with Crippen molar-refractivity contribution in [3.8, 4) is 0 Å². The molecular formula is C11H12F8O4. The van der Waals surface area contributed by atoms with Crippen molar-refractivity contribution in [1.29, 1.82) is 0 Å². The second-order valence-corrected chi connectivity index (χ2v) is 4.26. The van der Waals surface area contributed by atoms with Gasteiger partial charge in [0.05, 0.1) is 6.61 Å². The second-order valence-electron chi connectivity index (χ2n) is 4.26. The summed E-state index contributed by atoms with van der Waals surface area (Å²) in [5.74, 6) is -21.6. The minimum Gasteiger partial charge on any atom is -0.465 e. The third-order valence-electron chi connectivity index (χ3n) is 2.32. The van der Waals surface area contributed by atoms with Crippen molar-refractivity contribution in [1.82, 2.24) is 0 Å². The summed E-state index contributed by atoms with van der Waals surface area (Å²) in [5, 5.41) is 0. The molecule has 23 heavy (non-hydrogen) atoms. The minimum absolute atomic E-state index is 0.110. The maximum Gasteiger partial charge on any atom is 0.381 e. The van der Waals surface area contributed by atoms with Gasteiger partial charge >= 0.3 is 36.1 Å². The number of alkyl halides is 8. The first-order valence-electron chi connectivity index (χ1n) is 6.02. The molecule has 136 valence electrons. The molecule has 0 unspecified atom stereocenters. The molecule has 0 aromatic rings. The quantitative estimate of drug-likeness (QED) is 0.360. The Hall–Kier alpha value is -1.62. The molecule has 0 aromatic heterocycles. The Kier molecular flexibility index (Phi) is 7.23. The molecule has 12 heteroatoms. The van der Waals surface area contributed by atoms with Crippen LogP contribution in [-0.2, 0) is 19.1 Å². The number of hydrogen-bond donors (Lipinski definition) is 0. The molecule has 0 saturated heterocycles. The van der Waals surface area contributed by atoms with Crippen LogP contribution in [0.5, 0.6) is 0 Å². The fourth-order valence-electron chi connectivity index (χ4n) is 1.08. The van der Waals surface area contributed by atoms with Crippen LogP contribution in [0.25, 0.3) is 0 Å². The smallest absolute Gasteiger partial charge is 0.381 e.